The van der Waals surface area contributed by atoms with Crippen molar-refractivity contribution < 1.29 is 4.79 Å². The molecule has 5 heteroatoms. The maximum atomic E-state index is 12.9. The van der Waals surface area contributed by atoms with Crippen molar-refractivity contribution in [3.8, 4) is 11.3 Å². The predicted octanol–water partition coefficient (Wildman–Crippen LogP) is 5.88. The number of ketones is 1. The normalized spacial score (nSPS) is 11.4. The Kier molecular flexibility index (Phi) is 4.25. The molecule has 3 heterocycles. The minimum Gasteiger partial charge on any atom is -0.354 e. The van der Waals surface area contributed by atoms with Gasteiger partial charge in [0, 0.05) is 33.9 Å². The van der Waals surface area contributed by atoms with Gasteiger partial charge in [-0.3, -0.25) is 4.79 Å². The molecule has 0 aliphatic heterocycles. The second kappa shape index (κ2) is 6.94. The van der Waals surface area contributed by atoms with Crippen LogP contribution in [0.25, 0.3) is 32.5 Å². The van der Waals surface area contributed by atoms with Crippen LogP contribution in [0.1, 0.15) is 26.5 Å². The van der Waals surface area contributed by atoms with E-state index in [1.807, 2.05) is 30.3 Å². The number of hydrogen-bond acceptors (Lipinski definition) is 4. The van der Waals surface area contributed by atoms with Gasteiger partial charge in [0.1, 0.15) is 15.4 Å². The van der Waals surface area contributed by atoms with Crippen LogP contribution in [0.15, 0.2) is 60.8 Å². The molecule has 3 aromatic heterocycles. The number of H-pyrrole nitrogens is 1. The molecule has 0 saturated heterocycles. The summed E-state index contributed by atoms with van der Waals surface area (Å²) < 4.78 is 0. The Bertz CT molecular complexity index is 1330. The molecule has 5 aromatic rings. The lowest BCUT2D eigenvalue weighted by atomic mass is 10.00. The van der Waals surface area contributed by atoms with Crippen LogP contribution in [0.4, 0.5) is 0 Å². The topological polar surface area (TPSA) is 58.6 Å². The summed E-state index contributed by atoms with van der Waals surface area (Å²) in [4.78, 5) is 26.1. The van der Waals surface area contributed by atoms with Crippen LogP contribution < -0.4 is 0 Å². The van der Waals surface area contributed by atoms with Gasteiger partial charge in [-0.2, -0.15) is 0 Å². The highest BCUT2D eigenvalue weighted by molar-refractivity contribution is 7.18. The number of thiazole rings is 1. The van der Waals surface area contributed by atoms with Gasteiger partial charge in [-0.15, -0.1) is 0 Å². The molecule has 142 valence electrons. The number of hydrogen-bond donors (Lipinski definition) is 1. The Labute approximate surface area is 172 Å². The van der Waals surface area contributed by atoms with Crippen LogP contribution in [0, 0.1) is 13.8 Å². The number of carbonyl (C=O) groups excluding carboxylic acids is 1. The first kappa shape index (κ1) is 17.8. The molecule has 5 rings (SSSR count). The van der Waals surface area contributed by atoms with Gasteiger partial charge in [0.2, 0.25) is 0 Å². The lowest BCUT2D eigenvalue weighted by Crippen LogP contribution is -2.02. The third-order valence-electron chi connectivity index (χ3n) is 5.22. The Hall–Kier alpha value is -3.31. The van der Waals surface area contributed by atoms with Crippen LogP contribution in [-0.2, 0) is 6.42 Å². The first-order chi connectivity index (χ1) is 14.1. The summed E-state index contributed by atoms with van der Waals surface area (Å²) in [7, 11) is 0. The fourth-order valence-electron chi connectivity index (χ4n) is 3.80. The summed E-state index contributed by atoms with van der Waals surface area (Å²) in [5, 5.41) is 1.90. The zero-order chi connectivity index (χ0) is 20.0. The molecule has 0 fully saturated rings. The number of aryl methyl sites for hydroxylation is 2. The molecular weight excluding hydrogens is 378 g/mol. The summed E-state index contributed by atoms with van der Waals surface area (Å²) in [6.07, 6.45) is 2.04. The van der Waals surface area contributed by atoms with E-state index in [2.05, 4.69) is 53.1 Å². The molecule has 0 amide bonds. The van der Waals surface area contributed by atoms with Gasteiger partial charge in [0.05, 0.1) is 6.42 Å². The molecule has 2 aromatic carbocycles. The number of nitrogens with one attached hydrogen (secondary N) is 1. The van der Waals surface area contributed by atoms with E-state index in [1.165, 1.54) is 28.0 Å². The minimum absolute atomic E-state index is 0.0641. The summed E-state index contributed by atoms with van der Waals surface area (Å²) in [6, 6.07) is 18.1. The lowest BCUT2D eigenvalue weighted by molar-refractivity contribution is 0.0993. The monoisotopic (exact) mass is 397 g/mol. The number of aromatic amines is 1. The second-order valence-corrected chi connectivity index (χ2v) is 8.35. The third kappa shape index (κ3) is 3.23. The zero-order valence-corrected chi connectivity index (χ0v) is 17.0. The second-order valence-electron chi connectivity index (χ2n) is 7.29. The number of carbonyl (C=O) groups is 1. The van der Waals surface area contributed by atoms with Crippen molar-refractivity contribution in [3.05, 3.63) is 82.5 Å². The number of Topliss-reactive ketones (excluding diaryl/α,β-unsaturated/α-hetero) is 1. The standard InChI is InChI=1S/C24H19N3OS/c1-14-5-3-6-15(2)23(14)20-11-16-8-9-17(12-19(16)26-20)21(28)13-22-27-18-7-4-10-25-24(18)29-22/h3-12,26H,13H2,1-2H3. The van der Waals surface area contributed by atoms with E-state index < -0.39 is 0 Å². The SMILES string of the molecule is Cc1cccc(C)c1-c1cc2ccc(C(=O)Cc3nc4cccnc4s3)cc2[nH]1. The molecule has 0 saturated carbocycles. The highest BCUT2D eigenvalue weighted by atomic mass is 32.1. The number of aromatic nitrogens is 3. The van der Waals surface area contributed by atoms with E-state index in [-0.39, 0.29) is 12.2 Å². The zero-order valence-electron chi connectivity index (χ0n) is 16.2. The fraction of sp³-hybridized carbons (Fsp3) is 0.125. The molecule has 0 bridgehead atoms. The van der Waals surface area contributed by atoms with Gasteiger partial charge in [-0.1, -0.05) is 41.7 Å². The Morgan fingerprint density at radius 2 is 1.86 bits per heavy atom. The molecule has 0 aliphatic carbocycles. The van der Waals surface area contributed by atoms with Crippen molar-refractivity contribution in [1.29, 1.82) is 0 Å². The lowest BCUT2D eigenvalue weighted by Gasteiger charge is -2.07. The Balaban J connectivity index is 1.47. The van der Waals surface area contributed by atoms with Gasteiger partial charge in [0.15, 0.2) is 5.78 Å². The number of nitrogens with zero attached hydrogens (tertiary/aromatic N) is 2. The number of fused-ring (bicyclic) bond motifs is 2. The molecule has 0 atom stereocenters. The van der Waals surface area contributed by atoms with Crippen molar-refractivity contribution in [2.24, 2.45) is 0 Å². The van der Waals surface area contributed by atoms with Crippen molar-refractivity contribution >= 4 is 38.4 Å². The van der Waals surface area contributed by atoms with Crippen molar-refractivity contribution in [2.75, 3.05) is 0 Å². The van der Waals surface area contributed by atoms with Gasteiger partial charge in [-0.05, 0) is 49.2 Å². The molecular formula is C24H19N3OS. The highest BCUT2D eigenvalue weighted by Gasteiger charge is 2.14. The summed E-state index contributed by atoms with van der Waals surface area (Å²) in [6.45, 7) is 4.24. The van der Waals surface area contributed by atoms with E-state index in [4.69, 9.17) is 0 Å². The number of pyridine rings is 1. The minimum atomic E-state index is 0.0641. The first-order valence-corrected chi connectivity index (χ1v) is 10.3. The van der Waals surface area contributed by atoms with E-state index in [0.29, 0.717) is 5.56 Å². The molecule has 1 N–H and O–H groups in total. The van der Waals surface area contributed by atoms with Gasteiger partial charge in [-0.25, -0.2) is 9.97 Å². The Morgan fingerprint density at radius 1 is 1.03 bits per heavy atom. The highest BCUT2D eigenvalue weighted by Crippen LogP contribution is 2.30. The van der Waals surface area contributed by atoms with E-state index in [1.54, 1.807) is 6.20 Å². The predicted molar refractivity (Wildman–Crippen MR) is 119 cm³/mol. The maximum absolute atomic E-state index is 12.9. The fourth-order valence-corrected chi connectivity index (χ4v) is 4.71. The van der Waals surface area contributed by atoms with Gasteiger partial charge < -0.3 is 4.98 Å². The molecule has 0 aliphatic rings. The van der Waals surface area contributed by atoms with Crippen LogP contribution >= 0.6 is 11.3 Å². The molecule has 0 spiro atoms. The summed E-state index contributed by atoms with van der Waals surface area (Å²) >= 11 is 1.48. The Morgan fingerprint density at radius 3 is 2.66 bits per heavy atom. The van der Waals surface area contributed by atoms with Crippen molar-refractivity contribution in [1.82, 2.24) is 15.0 Å². The van der Waals surface area contributed by atoms with Gasteiger partial charge >= 0.3 is 0 Å². The smallest absolute Gasteiger partial charge is 0.169 e. The maximum Gasteiger partial charge on any atom is 0.169 e. The van der Waals surface area contributed by atoms with E-state index in [9.17, 15) is 4.79 Å². The van der Waals surface area contributed by atoms with Crippen LogP contribution in [-0.4, -0.2) is 20.7 Å². The molecule has 0 unspecified atom stereocenters. The molecule has 4 nitrogen and oxygen atoms in total. The summed E-state index contributed by atoms with van der Waals surface area (Å²) in [5.74, 6) is 0.0641. The van der Waals surface area contributed by atoms with Crippen LogP contribution in [0.3, 0.4) is 0 Å². The van der Waals surface area contributed by atoms with Crippen molar-refractivity contribution in [2.45, 2.75) is 20.3 Å². The summed E-state index contributed by atoms with van der Waals surface area (Å²) in [5.41, 5.74) is 7.28. The van der Waals surface area contributed by atoms with Crippen LogP contribution in [0.2, 0.25) is 0 Å². The average Bonchev–Trinajstić information content (AvgIpc) is 3.30. The van der Waals surface area contributed by atoms with Crippen LogP contribution in [0.5, 0.6) is 0 Å². The molecule has 29 heavy (non-hydrogen) atoms. The van der Waals surface area contributed by atoms with Crippen molar-refractivity contribution in [3.63, 3.8) is 0 Å². The number of rotatable bonds is 4. The third-order valence-corrected chi connectivity index (χ3v) is 6.20. The largest absolute Gasteiger partial charge is 0.354 e. The van der Waals surface area contributed by atoms with E-state index >= 15 is 0 Å². The van der Waals surface area contributed by atoms with E-state index in [0.717, 1.165) is 32.0 Å². The average molecular weight is 398 g/mol. The molecule has 0 radical (unpaired) electrons. The van der Waals surface area contributed by atoms with Gasteiger partial charge in [0.25, 0.3) is 0 Å². The number of benzene rings is 2. The quantitative estimate of drug-likeness (QED) is 0.385. The first-order valence-electron chi connectivity index (χ1n) is 9.51.